The first-order chi connectivity index (χ1) is 11.7. The molecule has 0 saturated heterocycles. The molecule has 0 bridgehead atoms. The number of nitrogens with one attached hydrogen (secondary N) is 1. The molecule has 120 valence electrons. The van der Waals surface area contributed by atoms with Crippen molar-refractivity contribution in [2.75, 3.05) is 5.32 Å². The van der Waals surface area contributed by atoms with Crippen LogP contribution in [0.2, 0.25) is 5.02 Å². The lowest BCUT2D eigenvalue weighted by Gasteiger charge is -2.07. The van der Waals surface area contributed by atoms with Gasteiger partial charge in [-0.1, -0.05) is 17.7 Å². The second kappa shape index (κ2) is 6.22. The number of rotatable bonds is 4. The highest BCUT2D eigenvalue weighted by Gasteiger charge is 2.11. The molecule has 4 nitrogen and oxygen atoms in total. The molecule has 0 aliphatic rings. The zero-order chi connectivity index (χ0) is 16.5. The van der Waals surface area contributed by atoms with E-state index < -0.39 is 5.82 Å². The highest BCUT2D eigenvalue weighted by molar-refractivity contribution is 7.09. The van der Waals surface area contributed by atoms with Gasteiger partial charge in [-0.2, -0.15) is 0 Å². The Labute approximate surface area is 146 Å². The fourth-order valence-corrected chi connectivity index (χ4v) is 3.32. The molecule has 0 unspecified atom stereocenters. The van der Waals surface area contributed by atoms with Gasteiger partial charge >= 0.3 is 0 Å². The van der Waals surface area contributed by atoms with Crippen LogP contribution in [0, 0.1) is 5.82 Å². The SMILES string of the molecule is Fc1ccc(-c2cnc3c(NCc4cccs4)nccn23)cc1Cl. The molecule has 4 aromatic rings. The lowest BCUT2D eigenvalue weighted by atomic mass is 10.1. The van der Waals surface area contributed by atoms with Crippen LogP contribution in [0.3, 0.4) is 0 Å². The summed E-state index contributed by atoms with van der Waals surface area (Å²) in [4.78, 5) is 10.0. The Morgan fingerprint density at radius 3 is 2.96 bits per heavy atom. The summed E-state index contributed by atoms with van der Waals surface area (Å²) in [6.45, 7) is 0.689. The first kappa shape index (κ1) is 15.1. The molecular formula is C17H12ClFN4S. The van der Waals surface area contributed by atoms with E-state index in [1.165, 1.54) is 10.9 Å². The van der Waals surface area contributed by atoms with Crippen molar-refractivity contribution in [1.82, 2.24) is 14.4 Å². The first-order valence-corrected chi connectivity index (χ1v) is 8.52. The quantitative estimate of drug-likeness (QED) is 0.566. The van der Waals surface area contributed by atoms with Crippen LogP contribution in [0.4, 0.5) is 10.2 Å². The zero-order valence-electron chi connectivity index (χ0n) is 12.4. The molecule has 0 saturated carbocycles. The molecule has 1 aromatic carbocycles. The van der Waals surface area contributed by atoms with Crippen molar-refractivity contribution >= 4 is 34.4 Å². The van der Waals surface area contributed by atoms with Gasteiger partial charge < -0.3 is 5.32 Å². The number of fused-ring (bicyclic) bond motifs is 1. The maximum Gasteiger partial charge on any atom is 0.180 e. The minimum absolute atomic E-state index is 0.0903. The number of imidazole rings is 1. The highest BCUT2D eigenvalue weighted by Crippen LogP contribution is 2.27. The van der Waals surface area contributed by atoms with Crippen LogP contribution in [0.1, 0.15) is 4.88 Å². The van der Waals surface area contributed by atoms with Gasteiger partial charge in [-0.3, -0.25) is 4.40 Å². The molecule has 4 rings (SSSR count). The van der Waals surface area contributed by atoms with Gasteiger partial charge in [-0.25, -0.2) is 14.4 Å². The third-order valence-electron chi connectivity index (χ3n) is 3.65. The summed E-state index contributed by atoms with van der Waals surface area (Å²) in [5.74, 6) is 0.263. The fourth-order valence-electron chi connectivity index (χ4n) is 2.50. The number of hydrogen-bond donors (Lipinski definition) is 1. The summed E-state index contributed by atoms with van der Waals surface area (Å²) < 4.78 is 15.3. The van der Waals surface area contributed by atoms with Gasteiger partial charge in [-0.15, -0.1) is 11.3 Å². The number of halogens is 2. The maximum absolute atomic E-state index is 13.4. The van der Waals surface area contributed by atoms with Crippen molar-refractivity contribution < 1.29 is 4.39 Å². The first-order valence-electron chi connectivity index (χ1n) is 7.26. The molecule has 0 aliphatic heterocycles. The van der Waals surface area contributed by atoms with Gasteiger partial charge in [0.15, 0.2) is 11.5 Å². The van der Waals surface area contributed by atoms with Crippen LogP contribution in [-0.2, 0) is 6.54 Å². The summed E-state index contributed by atoms with van der Waals surface area (Å²) in [6, 6.07) is 8.72. The molecule has 0 spiro atoms. The molecule has 0 aliphatic carbocycles. The predicted molar refractivity (Wildman–Crippen MR) is 95.0 cm³/mol. The van der Waals surface area contributed by atoms with Crippen molar-refractivity contribution in [2.45, 2.75) is 6.54 Å². The second-order valence-corrected chi connectivity index (χ2v) is 6.61. The second-order valence-electron chi connectivity index (χ2n) is 5.17. The van der Waals surface area contributed by atoms with Crippen molar-refractivity contribution in [3.8, 4) is 11.3 Å². The van der Waals surface area contributed by atoms with Gasteiger partial charge in [0.05, 0.1) is 23.5 Å². The summed E-state index contributed by atoms with van der Waals surface area (Å²) in [7, 11) is 0. The average molecular weight is 359 g/mol. The summed E-state index contributed by atoms with van der Waals surface area (Å²) >= 11 is 7.58. The lowest BCUT2D eigenvalue weighted by molar-refractivity contribution is 0.628. The van der Waals surface area contributed by atoms with Gasteiger partial charge in [0.1, 0.15) is 5.82 Å². The minimum atomic E-state index is -0.436. The van der Waals surface area contributed by atoms with E-state index in [0.717, 1.165) is 11.3 Å². The number of anilines is 1. The number of aromatic nitrogens is 3. The van der Waals surface area contributed by atoms with E-state index in [2.05, 4.69) is 21.4 Å². The van der Waals surface area contributed by atoms with Crippen LogP contribution in [-0.4, -0.2) is 14.4 Å². The monoisotopic (exact) mass is 358 g/mol. The Morgan fingerprint density at radius 2 is 2.17 bits per heavy atom. The average Bonchev–Trinajstić information content (AvgIpc) is 3.25. The van der Waals surface area contributed by atoms with Gasteiger partial charge in [-0.05, 0) is 29.6 Å². The van der Waals surface area contributed by atoms with E-state index in [1.807, 2.05) is 22.0 Å². The largest absolute Gasteiger partial charge is 0.362 e. The third kappa shape index (κ3) is 2.74. The minimum Gasteiger partial charge on any atom is -0.362 e. The Bertz CT molecular complexity index is 997. The lowest BCUT2D eigenvalue weighted by Crippen LogP contribution is -2.02. The Morgan fingerprint density at radius 1 is 1.25 bits per heavy atom. The van der Waals surface area contributed by atoms with Crippen molar-refractivity contribution in [2.24, 2.45) is 0 Å². The van der Waals surface area contributed by atoms with Crippen molar-refractivity contribution in [3.05, 3.63) is 70.0 Å². The van der Waals surface area contributed by atoms with Crippen LogP contribution in [0.25, 0.3) is 16.9 Å². The maximum atomic E-state index is 13.4. The third-order valence-corrected chi connectivity index (χ3v) is 4.82. The van der Waals surface area contributed by atoms with Gasteiger partial charge in [0, 0.05) is 22.8 Å². The van der Waals surface area contributed by atoms with Crippen LogP contribution >= 0.6 is 22.9 Å². The smallest absolute Gasteiger partial charge is 0.180 e. The summed E-state index contributed by atoms with van der Waals surface area (Å²) in [5.41, 5.74) is 2.34. The van der Waals surface area contributed by atoms with E-state index in [9.17, 15) is 4.39 Å². The molecule has 3 heterocycles. The number of thiophene rings is 1. The molecule has 0 amide bonds. The van der Waals surface area contributed by atoms with E-state index in [0.29, 0.717) is 18.0 Å². The topological polar surface area (TPSA) is 42.2 Å². The standard InChI is InChI=1S/C17H12ClFN4S/c18-13-8-11(3-4-14(13)19)15-10-22-17-16(20-5-6-23(15)17)21-9-12-2-1-7-24-12/h1-8,10H,9H2,(H,20,21). The van der Waals surface area contributed by atoms with Crippen LogP contribution in [0.15, 0.2) is 54.3 Å². The molecule has 0 fully saturated rings. The Hall–Kier alpha value is -2.44. The summed E-state index contributed by atoms with van der Waals surface area (Å²) in [6.07, 6.45) is 5.27. The number of hydrogen-bond acceptors (Lipinski definition) is 4. The Kier molecular flexibility index (Phi) is 3.92. The predicted octanol–water partition coefficient (Wildman–Crippen LogP) is 4.86. The van der Waals surface area contributed by atoms with Crippen LogP contribution < -0.4 is 5.32 Å². The van der Waals surface area contributed by atoms with E-state index in [4.69, 9.17) is 11.6 Å². The molecule has 1 N–H and O–H groups in total. The van der Waals surface area contributed by atoms with Gasteiger partial charge in [0.25, 0.3) is 0 Å². The van der Waals surface area contributed by atoms with Crippen molar-refractivity contribution in [1.29, 1.82) is 0 Å². The van der Waals surface area contributed by atoms with E-state index in [1.54, 1.807) is 35.9 Å². The fraction of sp³-hybridized carbons (Fsp3) is 0.0588. The molecule has 24 heavy (non-hydrogen) atoms. The summed E-state index contributed by atoms with van der Waals surface area (Å²) in [5, 5.41) is 5.43. The molecular weight excluding hydrogens is 347 g/mol. The van der Waals surface area contributed by atoms with Gasteiger partial charge in [0.2, 0.25) is 0 Å². The highest BCUT2D eigenvalue weighted by atomic mass is 35.5. The van der Waals surface area contributed by atoms with Crippen molar-refractivity contribution in [3.63, 3.8) is 0 Å². The Balaban J connectivity index is 1.71. The molecule has 3 aromatic heterocycles. The molecule has 0 radical (unpaired) electrons. The normalized spacial score (nSPS) is 11.1. The van der Waals surface area contributed by atoms with E-state index in [-0.39, 0.29) is 5.02 Å². The zero-order valence-corrected chi connectivity index (χ0v) is 14.0. The number of benzene rings is 1. The molecule has 7 heteroatoms. The molecule has 0 atom stereocenters. The van der Waals surface area contributed by atoms with E-state index >= 15 is 0 Å². The number of nitrogens with zero attached hydrogens (tertiary/aromatic N) is 3. The van der Waals surface area contributed by atoms with Crippen LogP contribution in [0.5, 0.6) is 0 Å².